The summed E-state index contributed by atoms with van der Waals surface area (Å²) < 4.78 is 46.6. The first-order valence-electron chi connectivity index (χ1n) is 11.5. The van der Waals surface area contributed by atoms with Gasteiger partial charge in [0.15, 0.2) is 0 Å². The molecule has 1 aliphatic rings. The number of carboxylic acids is 1. The Kier molecular flexibility index (Phi) is 9.58. The van der Waals surface area contributed by atoms with Crippen molar-refractivity contribution in [1.82, 2.24) is 9.88 Å². The molecule has 0 aliphatic carbocycles. The predicted molar refractivity (Wildman–Crippen MR) is 125 cm³/mol. The number of benzene rings is 2. The number of fused-ring (bicyclic) bond motifs is 1. The number of hydrogen-bond donors (Lipinski definition) is 0. The van der Waals surface area contributed by atoms with E-state index >= 15 is 0 Å². The minimum atomic E-state index is -1.11. The number of carbonyl (C=O) groups excluding carboxylic acids is 1. The van der Waals surface area contributed by atoms with E-state index in [0.717, 1.165) is 6.07 Å². The Bertz CT molecular complexity index is 1250. The van der Waals surface area contributed by atoms with Crippen LogP contribution in [0.2, 0.25) is 0 Å². The van der Waals surface area contributed by atoms with E-state index in [-0.39, 0.29) is 29.6 Å². The van der Waals surface area contributed by atoms with Crippen molar-refractivity contribution in [2.24, 2.45) is 5.41 Å². The zero-order valence-electron chi connectivity index (χ0n) is 20.4. The van der Waals surface area contributed by atoms with Crippen LogP contribution in [0.1, 0.15) is 30.4 Å². The molecule has 36 heavy (non-hydrogen) atoms. The summed E-state index contributed by atoms with van der Waals surface area (Å²) in [7, 11) is 1.54. The van der Waals surface area contributed by atoms with Crippen molar-refractivity contribution in [2.45, 2.75) is 25.7 Å². The van der Waals surface area contributed by atoms with Gasteiger partial charge in [-0.25, -0.2) is 13.2 Å². The molecule has 0 saturated carbocycles. The topological polar surface area (TPSA) is 65.5 Å². The summed E-state index contributed by atoms with van der Waals surface area (Å²) in [4.78, 5) is 18.2. The minimum absolute atomic E-state index is 0. The average Bonchev–Trinajstić information content (AvgIpc) is 3.24. The van der Waals surface area contributed by atoms with Gasteiger partial charge in [0.1, 0.15) is 23.2 Å². The fraction of sp³-hybridized carbons (Fsp3) is 0.333. The third-order valence-corrected chi connectivity index (χ3v) is 6.64. The number of nitrogens with zero attached hydrogens (tertiary/aromatic N) is 2. The molecule has 5 nitrogen and oxygen atoms in total. The fourth-order valence-electron chi connectivity index (χ4n) is 4.78. The van der Waals surface area contributed by atoms with Crippen molar-refractivity contribution >= 4 is 22.9 Å². The number of rotatable bonds is 9. The van der Waals surface area contributed by atoms with E-state index in [1.807, 2.05) is 4.90 Å². The molecular formula is C27H26F3N2NaO3. The van der Waals surface area contributed by atoms with Crippen molar-refractivity contribution in [3.05, 3.63) is 77.2 Å². The SMILES string of the molecule is COc1ccc2ncc(F)c(CCCC3(C(=O)[O-])CCN(C/C=C/c4cc(F)cc(F)c4)C3)c2c1.[Na+]. The first-order chi connectivity index (χ1) is 16.8. The zero-order chi connectivity index (χ0) is 25.0. The van der Waals surface area contributed by atoms with Crippen molar-refractivity contribution < 1.29 is 57.4 Å². The summed E-state index contributed by atoms with van der Waals surface area (Å²) >= 11 is 0. The van der Waals surface area contributed by atoms with Gasteiger partial charge in [-0.05, 0) is 73.7 Å². The second-order valence-corrected chi connectivity index (χ2v) is 8.98. The Hall–Kier alpha value is -2.39. The number of pyridine rings is 1. The third-order valence-electron chi connectivity index (χ3n) is 6.64. The Morgan fingerprint density at radius 2 is 1.94 bits per heavy atom. The summed E-state index contributed by atoms with van der Waals surface area (Å²) in [5, 5.41) is 12.8. The molecule has 0 bridgehead atoms. The predicted octanol–water partition coefficient (Wildman–Crippen LogP) is 1.14. The maximum absolute atomic E-state index is 14.6. The number of ether oxygens (including phenoxy) is 1. The molecule has 1 aliphatic heterocycles. The van der Waals surface area contributed by atoms with Gasteiger partial charge in [-0.15, -0.1) is 0 Å². The van der Waals surface area contributed by atoms with Crippen LogP contribution >= 0.6 is 0 Å². The number of hydrogen-bond acceptors (Lipinski definition) is 5. The van der Waals surface area contributed by atoms with Gasteiger partial charge >= 0.3 is 29.6 Å². The smallest absolute Gasteiger partial charge is 0.550 e. The first kappa shape index (κ1) is 28.2. The van der Waals surface area contributed by atoms with Crippen molar-refractivity contribution in [2.75, 3.05) is 26.7 Å². The maximum Gasteiger partial charge on any atom is 1.00 e. The Labute approximate surface area is 230 Å². The molecule has 0 radical (unpaired) electrons. The van der Waals surface area contributed by atoms with Crippen LogP contribution in [0.15, 0.2) is 48.7 Å². The Morgan fingerprint density at radius 1 is 1.19 bits per heavy atom. The number of halogens is 3. The molecule has 1 fully saturated rings. The first-order valence-corrected chi connectivity index (χ1v) is 11.5. The normalized spacial score (nSPS) is 18.0. The maximum atomic E-state index is 14.6. The molecule has 2 heterocycles. The van der Waals surface area contributed by atoms with Gasteiger partial charge in [0.2, 0.25) is 0 Å². The molecule has 1 atom stereocenters. The molecule has 1 saturated heterocycles. The molecular weight excluding hydrogens is 480 g/mol. The molecule has 0 N–H and O–H groups in total. The van der Waals surface area contributed by atoms with Gasteiger partial charge in [-0.2, -0.15) is 0 Å². The van der Waals surface area contributed by atoms with Gasteiger partial charge in [-0.3, -0.25) is 9.88 Å². The van der Waals surface area contributed by atoms with Gasteiger partial charge in [-0.1, -0.05) is 12.2 Å². The molecule has 9 heteroatoms. The third kappa shape index (κ3) is 6.48. The second kappa shape index (κ2) is 12.2. The fourth-order valence-corrected chi connectivity index (χ4v) is 4.78. The van der Waals surface area contributed by atoms with Crippen molar-refractivity contribution in [3.63, 3.8) is 0 Å². The van der Waals surface area contributed by atoms with Crippen LogP contribution in [0.25, 0.3) is 17.0 Å². The van der Waals surface area contributed by atoms with Crippen LogP contribution in [-0.4, -0.2) is 42.6 Å². The number of carbonyl (C=O) groups is 1. The number of methoxy groups -OCH3 is 1. The van der Waals surface area contributed by atoms with E-state index in [4.69, 9.17) is 4.74 Å². The van der Waals surface area contributed by atoms with E-state index in [9.17, 15) is 23.1 Å². The standard InChI is InChI=1S/C27H27F3N2O3.Na/c1-35-21-6-7-25-23(15-21)22(24(30)16-31-25)5-2-8-27(26(33)34)9-11-32(17-27)10-3-4-18-12-19(28)14-20(29)13-18;/h3-4,6-7,12-16H,2,5,8-11,17H2,1H3,(H,33,34);/q;+1/p-1/b4-3+;. The quantitative estimate of drug-likeness (QED) is 0.408. The molecule has 2 aromatic carbocycles. The van der Waals surface area contributed by atoms with Crippen molar-refractivity contribution in [1.29, 1.82) is 0 Å². The van der Waals surface area contributed by atoms with Crippen LogP contribution in [0, 0.1) is 22.9 Å². The number of aliphatic carboxylic acids is 1. The van der Waals surface area contributed by atoms with Crippen LogP contribution in [-0.2, 0) is 11.2 Å². The number of likely N-dealkylation sites (tertiary alicyclic amines) is 1. The summed E-state index contributed by atoms with van der Waals surface area (Å²) in [6.07, 6.45) is 6.14. The minimum Gasteiger partial charge on any atom is -0.550 e. The summed E-state index contributed by atoms with van der Waals surface area (Å²) in [5.74, 6) is -2.26. The molecule has 1 aromatic heterocycles. The van der Waals surface area contributed by atoms with E-state index in [1.165, 1.54) is 25.4 Å². The summed E-state index contributed by atoms with van der Waals surface area (Å²) in [5.41, 5.74) is 0.503. The molecule has 184 valence electrons. The van der Waals surface area contributed by atoms with E-state index < -0.39 is 28.8 Å². The molecule has 4 rings (SSSR count). The largest absolute Gasteiger partial charge is 1.00 e. The van der Waals surface area contributed by atoms with E-state index in [2.05, 4.69) is 4.98 Å². The summed E-state index contributed by atoms with van der Waals surface area (Å²) in [6.45, 7) is 1.29. The van der Waals surface area contributed by atoms with Crippen LogP contribution in [0.4, 0.5) is 13.2 Å². The molecule has 3 aromatic rings. The average molecular weight is 507 g/mol. The van der Waals surface area contributed by atoms with Gasteiger partial charge in [0.25, 0.3) is 0 Å². The van der Waals surface area contributed by atoms with Gasteiger partial charge in [0.05, 0.1) is 18.8 Å². The van der Waals surface area contributed by atoms with Crippen LogP contribution in [0.3, 0.4) is 0 Å². The summed E-state index contributed by atoms with van der Waals surface area (Å²) in [6, 6.07) is 8.53. The Balaban J connectivity index is 0.00000361. The molecule has 0 amide bonds. The van der Waals surface area contributed by atoms with E-state index in [0.29, 0.717) is 73.1 Å². The number of aromatic nitrogens is 1. The molecule has 0 spiro atoms. The van der Waals surface area contributed by atoms with Gasteiger partial charge < -0.3 is 14.6 Å². The number of carboxylic acid groups (broad SMARTS) is 1. The van der Waals surface area contributed by atoms with Crippen molar-refractivity contribution in [3.8, 4) is 5.75 Å². The van der Waals surface area contributed by atoms with Crippen LogP contribution in [0.5, 0.6) is 5.75 Å². The van der Waals surface area contributed by atoms with Crippen LogP contribution < -0.4 is 39.4 Å². The van der Waals surface area contributed by atoms with Gasteiger partial charge in [0, 0.05) is 35.9 Å². The Morgan fingerprint density at radius 3 is 2.64 bits per heavy atom. The number of aryl methyl sites for hydroxylation is 1. The molecule has 1 unspecified atom stereocenters. The second-order valence-electron chi connectivity index (χ2n) is 8.98. The zero-order valence-corrected chi connectivity index (χ0v) is 22.4. The van der Waals surface area contributed by atoms with E-state index in [1.54, 1.807) is 30.4 Å². The monoisotopic (exact) mass is 506 g/mol.